The monoisotopic (exact) mass is 419 g/mol. The van der Waals surface area contributed by atoms with E-state index in [1.807, 2.05) is 0 Å². The van der Waals surface area contributed by atoms with Crippen LogP contribution in [0.15, 0.2) is 48.9 Å². The molecule has 0 aliphatic heterocycles. The van der Waals surface area contributed by atoms with Gasteiger partial charge in [0.05, 0.1) is 42.6 Å². The molecule has 0 bridgehead atoms. The van der Waals surface area contributed by atoms with E-state index in [9.17, 15) is 15.2 Å². The number of benzene rings is 2. The molecule has 2 aromatic heterocycles. The van der Waals surface area contributed by atoms with Crippen LogP contribution in [0.25, 0.3) is 22.3 Å². The van der Waals surface area contributed by atoms with Gasteiger partial charge in [-0.3, -0.25) is 4.68 Å². The Morgan fingerprint density at radius 3 is 2.63 bits per heavy atom. The lowest BCUT2D eigenvalue weighted by molar-refractivity contribution is 0.0698. The molecule has 0 aliphatic carbocycles. The summed E-state index contributed by atoms with van der Waals surface area (Å²) in [7, 11) is 1.52. The highest BCUT2D eigenvalue weighted by Gasteiger charge is 2.16. The third-order valence-electron chi connectivity index (χ3n) is 4.50. The van der Waals surface area contributed by atoms with E-state index < -0.39 is 5.97 Å². The van der Waals surface area contributed by atoms with Crippen molar-refractivity contribution in [2.45, 2.75) is 6.54 Å². The van der Waals surface area contributed by atoms with Crippen molar-refractivity contribution >= 4 is 28.5 Å². The fourth-order valence-electron chi connectivity index (χ4n) is 3.15. The van der Waals surface area contributed by atoms with E-state index in [-0.39, 0.29) is 12.1 Å². The van der Waals surface area contributed by atoms with Crippen LogP contribution in [-0.4, -0.2) is 37.9 Å². The summed E-state index contributed by atoms with van der Waals surface area (Å²) in [5.41, 5.74) is 2.39. The van der Waals surface area contributed by atoms with Crippen LogP contribution in [0.3, 0.4) is 0 Å². The standard InChI is InChI=1S/C21H14ClN5O3/c1-30-17-3-12(7-23)2-14(5-17)20-24-8-13(9-25-20)11-27-19-15(10-26-27)4-16(22)6-18(19)21(28)29/h2-6,8-10H,11H2,1H3,(H,28,29). The van der Waals surface area contributed by atoms with Gasteiger partial charge in [0, 0.05) is 33.9 Å². The fraction of sp³-hybridized carbons (Fsp3) is 0.0952. The molecular weight excluding hydrogens is 406 g/mol. The van der Waals surface area contributed by atoms with Crippen molar-refractivity contribution < 1.29 is 14.6 Å². The minimum Gasteiger partial charge on any atom is -0.497 e. The predicted octanol–water partition coefficient (Wildman–Crippen LogP) is 3.77. The summed E-state index contributed by atoms with van der Waals surface area (Å²) < 4.78 is 6.79. The third kappa shape index (κ3) is 3.66. The number of carboxylic acid groups (broad SMARTS) is 1. The molecule has 0 amide bonds. The zero-order chi connectivity index (χ0) is 21.3. The smallest absolute Gasteiger partial charge is 0.337 e. The van der Waals surface area contributed by atoms with Crippen LogP contribution in [0.5, 0.6) is 5.75 Å². The van der Waals surface area contributed by atoms with Gasteiger partial charge in [-0.05, 0) is 30.3 Å². The Hall–Kier alpha value is -3.96. The summed E-state index contributed by atoms with van der Waals surface area (Å²) in [6.07, 6.45) is 4.85. The fourth-order valence-corrected chi connectivity index (χ4v) is 3.37. The molecule has 30 heavy (non-hydrogen) atoms. The maximum absolute atomic E-state index is 11.6. The number of carboxylic acids is 1. The Morgan fingerprint density at radius 2 is 1.97 bits per heavy atom. The van der Waals surface area contributed by atoms with E-state index in [1.54, 1.807) is 47.5 Å². The molecular formula is C21H14ClN5O3. The number of rotatable bonds is 5. The maximum Gasteiger partial charge on any atom is 0.337 e. The van der Waals surface area contributed by atoms with Crippen LogP contribution in [0, 0.1) is 11.3 Å². The number of hydrogen-bond acceptors (Lipinski definition) is 6. The number of hydrogen-bond donors (Lipinski definition) is 1. The summed E-state index contributed by atoms with van der Waals surface area (Å²) >= 11 is 6.01. The highest BCUT2D eigenvalue weighted by molar-refractivity contribution is 6.32. The molecule has 0 saturated carbocycles. The highest BCUT2D eigenvalue weighted by atomic mass is 35.5. The van der Waals surface area contributed by atoms with Gasteiger partial charge in [-0.15, -0.1) is 0 Å². The highest BCUT2D eigenvalue weighted by Crippen LogP contribution is 2.26. The third-order valence-corrected chi connectivity index (χ3v) is 4.71. The second-order valence-electron chi connectivity index (χ2n) is 6.48. The molecule has 1 N–H and O–H groups in total. The van der Waals surface area contributed by atoms with Crippen LogP contribution in [0.4, 0.5) is 0 Å². The van der Waals surface area contributed by atoms with Crippen molar-refractivity contribution in [3.05, 3.63) is 70.6 Å². The number of aromatic nitrogens is 4. The Morgan fingerprint density at radius 1 is 1.20 bits per heavy atom. The normalized spacial score (nSPS) is 10.7. The van der Waals surface area contributed by atoms with Gasteiger partial charge in [0.15, 0.2) is 5.82 Å². The summed E-state index contributed by atoms with van der Waals surface area (Å²) in [5.74, 6) is -0.0979. The number of nitrogens with zero attached hydrogens (tertiary/aromatic N) is 5. The minimum atomic E-state index is -1.08. The number of ether oxygens (including phenoxy) is 1. The van der Waals surface area contributed by atoms with Crippen molar-refractivity contribution in [1.82, 2.24) is 19.7 Å². The molecule has 0 atom stereocenters. The first-order valence-corrected chi connectivity index (χ1v) is 9.15. The van der Waals surface area contributed by atoms with Gasteiger partial charge in [0.2, 0.25) is 0 Å². The van der Waals surface area contributed by atoms with Crippen LogP contribution in [0.1, 0.15) is 21.5 Å². The molecule has 0 fully saturated rings. The largest absolute Gasteiger partial charge is 0.497 e. The van der Waals surface area contributed by atoms with Crippen molar-refractivity contribution in [2.75, 3.05) is 7.11 Å². The lowest BCUT2D eigenvalue weighted by Gasteiger charge is -2.08. The lowest BCUT2D eigenvalue weighted by atomic mass is 10.1. The number of aromatic carboxylic acids is 1. The van der Waals surface area contributed by atoms with Crippen LogP contribution in [0.2, 0.25) is 5.02 Å². The van der Waals surface area contributed by atoms with Gasteiger partial charge >= 0.3 is 5.97 Å². The molecule has 8 nitrogen and oxygen atoms in total. The Kier molecular flexibility index (Phi) is 5.04. The minimum absolute atomic E-state index is 0.0768. The van der Waals surface area contributed by atoms with Gasteiger partial charge in [0.1, 0.15) is 5.75 Å². The van der Waals surface area contributed by atoms with E-state index in [0.29, 0.717) is 38.6 Å². The van der Waals surface area contributed by atoms with Gasteiger partial charge in [0.25, 0.3) is 0 Å². The SMILES string of the molecule is COc1cc(C#N)cc(-c2ncc(Cn3ncc4cc(Cl)cc(C(=O)O)c43)cn2)c1. The first kappa shape index (κ1) is 19.4. The molecule has 2 aromatic carbocycles. The molecule has 0 aliphatic rings. The van der Waals surface area contributed by atoms with Crippen LogP contribution in [-0.2, 0) is 6.54 Å². The summed E-state index contributed by atoms with van der Waals surface area (Å²) in [6, 6.07) is 10.2. The van der Waals surface area contributed by atoms with Crippen LogP contribution >= 0.6 is 11.6 Å². The van der Waals surface area contributed by atoms with E-state index in [0.717, 1.165) is 5.56 Å². The quantitative estimate of drug-likeness (QED) is 0.523. The van der Waals surface area contributed by atoms with Gasteiger partial charge < -0.3 is 9.84 Å². The maximum atomic E-state index is 11.6. The van der Waals surface area contributed by atoms with Gasteiger partial charge in [-0.2, -0.15) is 10.4 Å². The Balaban J connectivity index is 1.67. The topological polar surface area (TPSA) is 114 Å². The predicted molar refractivity (Wildman–Crippen MR) is 110 cm³/mol. The van der Waals surface area contributed by atoms with Crippen molar-refractivity contribution in [3.8, 4) is 23.2 Å². The Labute approximate surface area is 175 Å². The molecule has 4 rings (SSSR count). The summed E-state index contributed by atoms with van der Waals surface area (Å²) in [4.78, 5) is 20.4. The molecule has 0 spiro atoms. The second-order valence-corrected chi connectivity index (χ2v) is 6.91. The Bertz CT molecular complexity index is 1310. The first-order chi connectivity index (χ1) is 14.5. The summed E-state index contributed by atoms with van der Waals surface area (Å²) in [6.45, 7) is 0.285. The second kappa shape index (κ2) is 7.81. The average molecular weight is 420 g/mol. The van der Waals surface area contributed by atoms with Crippen molar-refractivity contribution in [2.24, 2.45) is 0 Å². The molecule has 0 saturated heterocycles. The number of carbonyl (C=O) groups is 1. The zero-order valence-corrected chi connectivity index (χ0v) is 16.5. The van der Waals surface area contributed by atoms with E-state index in [4.69, 9.17) is 16.3 Å². The molecule has 0 unspecified atom stereocenters. The lowest BCUT2D eigenvalue weighted by Crippen LogP contribution is -2.07. The molecule has 0 radical (unpaired) electrons. The van der Waals surface area contributed by atoms with E-state index in [1.165, 1.54) is 13.2 Å². The number of fused-ring (bicyclic) bond motifs is 1. The van der Waals surface area contributed by atoms with Crippen LogP contribution < -0.4 is 4.74 Å². The molecule has 9 heteroatoms. The number of methoxy groups -OCH3 is 1. The first-order valence-electron chi connectivity index (χ1n) is 8.77. The van der Waals surface area contributed by atoms with Crippen molar-refractivity contribution in [3.63, 3.8) is 0 Å². The van der Waals surface area contributed by atoms with Gasteiger partial charge in [-0.25, -0.2) is 14.8 Å². The number of nitriles is 1. The summed E-state index contributed by atoms with van der Waals surface area (Å²) in [5, 5.41) is 23.9. The number of halogens is 1. The van der Waals surface area contributed by atoms with Crippen molar-refractivity contribution in [1.29, 1.82) is 5.26 Å². The molecule has 4 aromatic rings. The van der Waals surface area contributed by atoms with E-state index >= 15 is 0 Å². The molecule has 148 valence electrons. The zero-order valence-electron chi connectivity index (χ0n) is 15.7. The average Bonchev–Trinajstić information content (AvgIpc) is 3.15. The van der Waals surface area contributed by atoms with E-state index in [2.05, 4.69) is 21.1 Å². The van der Waals surface area contributed by atoms with Gasteiger partial charge in [-0.1, -0.05) is 11.6 Å². The molecule has 2 heterocycles.